The molecular weight excluding hydrogens is 234 g/mol. The van der Waals surface area contributed by atoms with Gasteiger partial charge in [0, 0.05) is 37.3 Å². The first kappa shape index (κ1) is 14.2. The Hall–Kier alpha value is -1.85. The number of hydrogen-bond donors (Lipinski definition) is 2. The Kier molecular flexibility index (Phi) is 4.88. The number of aliphatic carboxylic acids is 1. The van der Waals surface area contributed by atoms with Crippen molar-refractivity contribution < 1.29 is 14.7 Å². The minimum absolute atomic E-state index is 0.0481. The first-order valence-corrected chi connectivity index (χ1v) is 5.89. The number of aromatic nitrogens is 2. The van der Waals surface area contributed by atoms with Crippen LogP contribution in [0.25, 0.3) is 0 Å². The SMILES string of the molecule is CC(C)(CCC(=O)O)NC(=O)CCn1cccn1. The van der Waals surface area contributed by atoms with Crippen molar-refractivity contribution in [3.8, 4) is 0 Å². The first-order chi connectivity index (χ1) is 8.39. The molecule has 0 fully saturated rings. The molecule has 0 saturated carbocycles. The van der Waals surface area contributed by atoms with Crippen LogP contribution in [-0.4, -0.2) is 32.3 Å². The van der Waals surface area contributed by atoms with Crippen molar-refractivity contribution >= 4 is 11.9 Å². The molecule has 0 atom stereocenters. The summed E-state index contributed by atoms with van der Waals surface area (Å²) in [5, 5.41) is 15.4. The van der Waals surface area contributed by atoms with Gasteiger partial charge in [-0.25, -0.2) is 0 Å². The van der Waals surface area contributed by atoms with Crippen LogP contribution in [0.5, 0.6) is 0 Å². The summed E-state index contributed by atoms with van der Waals surface area (Å²) in [5.74, 6) is -0.949. The quantitative estimate of drug-likeness (QED) is 0.760. The van der Waals surface area contributed by atoms with E-state index in [2.05, 4.69) is 10.4 Å². The van der Waals surface area contributed by atoms with Gasteiger partial charge >= 0.3 is 5.97 Å². The summed E-state index contributed by atoms with van der Waals surface area (Å²) in [5.41, 5.74) is -0.500. The number of carbonyl (C=O) groups excluding carboxylic acids is 1. The van der Waals surface area contributed by atoms with Gasteiger partial charge in [0.2, 0.25) is 5.91 Å². The predicted octanol–water partition coefficient (Wildman–Crippen LogP) is 1.03. The molecule has 1 aromatic rings. The third kappa shape index (κ3) is 5.47. The molecular formula is C12H19N3O3. The maximum atomic E-state index is 11.7. The summed E-state index contributed by atoms with van der Waals surface area (Å²) in [6.45, 7) is 4.16. The van der Waals surface area contributed by atoms with Crippen LogP contribution < -0.4 is 5.32 Å². The molecule has 1 rings (SSSR count). The van der Waals surface area contributed by atoms with E-state index in [-0.39, 0.29) is 12.3 Å². The number of rotatable bonds is 7. The zero-order valence-corrected chi connectivity index (χ0v) is 10.7. The van der Waals surface area contributed by atoms with E-state index in [1.807, 2.05) is 13.8 Å². The number of carboxylic acid groups (broad SMARTS) is 1. The molecule has 6 heteroatoms. The molecule has 0 aliphatic rings. The van der Waals surface area contributed by atoms with E-state index in [0.717, 1.165) is 0 Å². The second kappa shape index (κ2) is 6.18. The van der Waals surface area contributed by atoms with Crippen LogP contribution in [0.1, 0.15) is 33.1 Å². The molecule has 2 N–H and O–H groups in total. The molecule has 0 spiro atoms. The molecule has 100 valence electrons. The van der Waals surface area contributed by atoms with Crippen LogP contribution in [0, 0.1) is 0 Å². The highest BCUT2D eigenvalue weighted by Gasteiger charge is 2.21. The van der Waals surface area contributed by atoms with E-state index in [0.29, 0.717) is 19.4 Å². The van der Waals surface area contributed by atoms with Crippen molar-refractivity contribution in [3.63, 3.8) is 0 Å². The molecule has 6 nitrogen and oxygen atoms in total. The van der Waals surface area contributed by atoms with Crippen LogP contribution in [-0.2, 0) is 16.1 Å². The van der Waals surface area contributed by atoms with Gasteiger partial charge < -0.3 is 10.4 Å². The maximum Gasteiger partial charge on any atom is 0.303 e. The van der Waals surface area contributed by atoms with Gasteiger partial charge in [0.1, 0.15) is 0 Å². The van der Waals surface area contributed by atoms with Crippen molar-refractivity contribution in [3.05, 3.63) is 18.5 Å². The molecule has 0 unspecified atom stereocenters. The van der Waals surface area contributed by atoms with E-state index < -0.39 is 11.5 Å². The number of carboxylic acids is 1. The predicted molar refractivity (Wildman–Crippen MR) is 65.9 cm³/mol. The van der Waals surface area contributed by atoms with Crippen molar-refractivity contribution in [1.82, 2.24) is 15.1 Å². The Balaban J connectivity index is 2.31. The summed E-state index contributed by atoms with van der Waals surface area (Å²) in [6, 6.07) is 1.80. The topological polar surface area (TPSA) is 84.2 Å². The van der Waals surface area contributed by atoms with E-state index >= 15 is 0 Å². The Morgan fingerprint density at radius 1 is 1.39 bits per heavy atom. The van der Waals surface area contributed by atoms with Crippen LogP contribution in [0.15, 0.2) is 18.5 Å². The fourth-order valence-electron chi connectivity index (χ4n) is 1.57. The molecule has 18 heavy (non-hydrogen) atoms. The Labute approximate surface area is 106 Å². The van der Waals surface area contributed by atoms with E-state index in [1.54, 1.807) is 23.1 Å². The van der Waals surface area contributed by atoms with Crippen LogP contribution in [0.3, 0.4) is 0 Å². The summed E-state index contributed by atoms with van der Waals surface area (Å²) in [7, 11) is 0. The van der Waals surface area contributed by atoms with Gasteiger partial charge in [-0.1, -0.05) is 0 Å². The largest absolute Gasteiger partial charge is 0.481 e. The van der Waals surface area contributed by atoms with Gasteiger partial charge in [0.15, 0.2) is 0 Å². The molecule has 0 aromatic carbocycles. The van der Waals surface area contributed by atoms with Crippen LogP contribution in [0.4, 0.5) is 0 Å². The van der Waals surface area contributed by atoms with Gasteiger partial charge in [-0.3, -0.25) is 14.3 Å². The monoisotopic (exact) mass is 253 g/mol. The fourth-order valence-corrected chi connectivity index (χ4v) is 1.57. The lowest BCUT2D eigenvalue weighted by Gasteiger charge is -2.25. The lowest BCUT2D eigenvalue weighted by molar-refractivity contribution is -0.137. The van der Waals surface area contributed by atoms with Crippen molar-refractivity contribution in [2.24, 2.45) is 0 Å². The molecule has 0 aliphatic heterocycles. The smallest absolute Gasteiger partial charge is 0.303 e. The first-order valence-electron chi connectivity index (χ1n) is 5.89. The summed E-state index contributed by atoms with van der Waals surface area (Å²) >= 11 is 0. The minimum Gasteiger partial charge on any atom is -0.481 e. The zero-order chi connectivity index (χ0) is 13.6. The highest BCUT2D eigenvalue weighted by Crippen LogP contribution is 2.11. The Morgan fingerprint density at radius 2 is 2.11 bits per heavy atom. The van der Waals surface area contributed by atoms with E-state index in [4.69, 9.17) is 5.11 Å². The molecule has 0 saturated heterocycles. The lowest BCUT2D eigenvalue weighted by Crippen LogP contribution is -2.44. The van der Waals surface area contributed by atoms with Gasteiger partial charge in [-0.05, 0) is 26.3 Å². The number of nitrogens with zero attached hydrogens (tertiary/aromatic N) is 2. The number of hydrogen-bond acceptors (Lipinski definition) is 3. The van der Waals surface area contributed by atoms with Gasteiger partial charge in [0.05, 0.1) is 0 Å². The Bertz CT molecular complexity index is 399. The average Bonchev–Trinajstić information content (AvgIpc) is 2.76. The Morgan fingerprint density at radius 3 is 2.67 bits per heavy atom. The standard InChI is InChI=1S/C12H19N3O3/c1-12(2,6-4-11(17)18)14-10(16)5-9-15-8-3-7-13-15/h3,7-8H,4-6,9H2,1-2H3,(H,14,16)(H,17,18). The number of amides is 1. The maximum absolute atomic E-state index is 11.7. The highest BCUT2D eigenvalue weighted by atomic mass is 16.4. The van der Waals surface area contributed by atoms with Gasteiger partial charge in [-0.15, -0.1) is 0 Å². The highest BCUT2D eigenvalue weighted by molar-refractivity contribution is 5.76. The molecule has 1 amide bonds. The van der Waals surface area contributed by atoms with Gasteiger partial charge in [-0.2, -0.15) is 5.10 Å². The molecule has 1 aromatic heterocycles. The third-order valence-electron chi connectivity index (χ3n) is 2.57. The van der Waals surface area contributed by atoms with E-state index in [1.165, 1.54) is 0 Å². The third-order valence-corrected chi connectivity index (χ3v) is 2.57. The van der Waals surface area contributed by atoms with Crippen LogP contribution in [0.2, 0.25) is 0 Å². The van der Waals surface area contributed by atoms with Crippen LogP contribution >= 0.6 is 0 Å². The second-order valence-corrected chi connectivity index (χ2v) is 4.84. The zero-order valence-electron chi connectivity index (χ0n) is 10.7. The fraction of sp³-hybridized carbons (Fsp3) is 0.583. The second-order valence-electron chi connectivity index (χ2n) is 4.84. The number of carbonyl (C=O) groups is 2. The number of nitrogens with one attached hydrogen (secondary N) is 1. The molecule has 0 radical (unpaired) electrons. The van der Waals surface area contributed by atoms with Crippen molar-refractivity contribution in [2.75, 3.05) is 0 Å². The lowest BCUT2D eigenvalue weighted by atomic mass is 9.98. The number of aryl methyl sites for hydroxylation is 1. The van der Waals surface area contributed by atoms with Crippen molar-refractivity contribution in [1.29, 1.82) is 0 Å². The van der Waals surface area contributed by atoms with Crippen molar-refractivity contribution in [2.45, 2.75) is 45.2 Å². The molecule has 0 bridgehead atoms. The molecule has 0 aliphatic carbocycles. The minimum atomic E-state index is -0.853. The summed E-state index contributed by atoms with van der Waals surface area (Å²) in [6.07, 6.45) is 4.25. The molecule has 1 heterocycles. The average molecular weight is 253 g/mol. The van der Waals surface area contributed by atoms with Gasteiger partial charge in [0.25, 0.3) is 0 Å². The normalized spacial score (nSPS) is 11.2. The summed E-state index contributed by atoms with van der Waals surface area (Å²) in [4.78, 5) is 22.2. The summed E-state index contributed by atoms with van der Waals surface area (Å²) < 4.78 is 1.68. The van der Waals surface area contributed by atoms with E-state index in [9.17, 15) is 9.59 Å².